The van der Waals surface area contributed by atoms with E-state index in [0.29, 0.717) is 39.3 Å². The molecule has 0 aliphatic rings. The number of aliphatic hydroxyl groups is 1. The molecule has 0 aliphatic carbocycles. The van der Waals surface area contributed by atoms with Gasteiger partial charge in [0.15, 0.2) is 0 Å². The molecular weight excluding hydrogens is 838 g/mol. The Morgan fingerprint density at radius 2 is 0.717 bits per heavy atom. The molecule has 4 aromatic heterocycles. The Balaban J connectivity index is 0.00000109. The van der Waals surface area contributed by atoms with E-state index in [0.717, 1.165) is 101 Å². The van der Waals surface area contributed by atoms with Gasteiger partial charge >= 0.3 is 0 Å². The molecule has 13 nitrogen and oxygen atoms in total. The summed E-state index contributed by atoms with van der Waals surface area (Å²) >= 11 is 0. The summed E-state index contributed by atoms with van der Waals surface area (Å²) in [7, 11) is 0. The van der Waals surface area contributed by atoms with Crippen LogP contribution in [0, 0.1) is 0 Å². The number of benzene rings is 4. The minimum absolute atomic E-state index is 0. The standard InChI is InChI=1S/C43H50N10O.C2H4O2.2Mn/c1-5-50-36-21-13-9-17-32(36)44-40(50)27-48(28-41-45-33-18-10-14-22-37(33)51(41)6-2)25-31(54)26-49(29-42-46-34-19-11-15-23-38(34)52(42)7-3)30-43-47-35-20-12-16-24-39(35)53(43)8-4;1-2(3)4;;/h9-24,31,54H,5-8,25-30H2,1-4H3;1H3,(H,3,4);;. The Bertz CT molecular complexity index is 2300. The molecule has 4 heterocycles. The number of carboxylic acid groups (broad SMARTS) is 1. The molecule has 0 spiro atoms. The number of para-hydroxylation sites is 8. The number of nitrogens with zero attached hydrogens (tertiary/aromatic N) is 10. The number of carboxylic acids is 1. The summed E-state index contributed by atoms with van der Waals surface area (Å²) in [5.41, 5.74) is 8.44. The van der Waals surface area contributed by atoms with Crippen molar-refractivity contribution in [1.29, 1.82) is 0 Å². The number of hydrogen-bond acceptors (Lipinski definition) is 8. The summed E-state index contributed by atoms with van der Waals surface area (Å²) in [6.45, 7) is 16.1. The maximum absolute atomic E-state index is 12.2. The van der Waals surface area contributed by atoms with E-state index in [1.165, 1.54) is 0 Å². The Labute approximate surface area is 372 Å². The Kier molecular flexibility index (Phi) is 16.3. The van der Waals surface area contributed by atoms with Gasteiger partial charge in [0.1, 0.15) is 23.3 Å². The third-order valence-corrected chi connectivity index (χ3v) is 10.6. The van der Waals surface area contributed by atoms with Crippen LogP contribution in [0.1, 0.15) is 57.9 Å². The van der Waals surface area contributed by atoms with Gasteiger partial charge in [-0.1, -0.05) is 48.5 Å². The van der Waals surface area contributed by atoms with Crippen molar-refractivity contribution in [2.75, 3.05) is 13.1 Å². The molecule has 316 valence electrons. The molecular formula is C45H54Mn2N10O3. The second-order valence-electron chi connectivity index (χ2n) is 14.6. The second-order valence-corrected chi connectivity index (χ2v) is 14.6. The summed E-state index contributed by atoms with van der Waals surface area (Å²) < 4.78 is 9.14. The molecule has 0 saturated carbocycles. The van der Waals surface area contributed by atoms with Crippen molar-refractivity contribution in [3.05, 3.63) is 120 Å². The summed E-state index contributed by atoms with van der Waals surface area (Å²) in [4.78, 5) is 34.0. The average molecular weight is 893 g/mol. The van der Waals surface area contributed by atoms with Crippen molar-refractivity contribution in [3.63, 3.8) is 0 Å². The number of fused-ring (bicyclic) bond motifs is 4. The van der Waals surface area contributed by atoms with Gasteiger partial charge in [-0.2, -0.15) is 0 Å². The van der Waals surface area contributed by atoms with E-state index >= 15 is 0 Å². The molecule has 0 aliphatic heterocycles. The molecule has 0 fully saturated rings. The number of aromatic nitrogens is 8. The zero-order chi connectivity index (χ0) is 40.8. The van der Waals surface area contributed by atoms with Gasteiger partial charge in [-0.3, -0.25) is 14.6 Å². The van der Waals surface area contributed by atoms with Crippen molar-refractivity contribution in [3.8, 4) is 0 Å². The fourth-order valence-corrected chi connectivity index (χ4v) is 8.22. The largest absolute Gasteiger partial charge is 0.481 e. The number of carbonyl (C=O) groups is 1. The summed E-state index contributed by atoms with van der Waals surface area (Å²) in [6, 6.07) is 33.3. The molecule has 2 N–H and O–H groups in total. The van der Waals surface area contributed by atoms with Crippen LogP contribution in [-0.4, -0.2) is 83.4 Å². The van der Waals surface area contributed by atoms with E-state index in [4.69, 9.17) is 29.8 Å². The molecule has 8 aromatic rings. The predicted octanol–water partition coefficient (Wildman–Crippen LogP) is 7.32. The van der Waals surface area contributed by atoms with Crippen LogP contribution in [0.3, 0.4) is 0 Å². The first-order chi connectivity index (χ1) is 28.2. The van der Waals surface area contributed by atoms with Crippen molar-refractivity contribution in [1.82, 2.24) is 48.0 Å². The van der Waals surface area contributed by atoms with Crippen molar-refractivity contribution >= 4 is 50.1 Å². The van der Waals surface area contributed by atoms with E-state index < -0.39 is 12.1 Å². The SMILES string of the molecule is CC(=O)O.CCn1c(CN(Cc2nc3ccccc3n2CC)CC(O)CN(Cc2nc3ccccc3n2CC)Cc2nc3ccccc3n2CC)nc2ccccc21.[Mn].[Mn]. The first-order valence-electron chi connectivity index (χ1n) is 20.3. The number of aliphatic hydroxyl groups excluding tert-OH is 1. The van der Waals surface area contributed by atoms with E-state index in [-0.39, 0.29) is 34.1 Å². The number of aryl methyl sites for hydroxylation is 4. The van der Waals surface area contributed by atoms with Crippen LogP contribution < -0.4 is 0 Å². The van der Waals surface area contributed by atoms with Crippen LogP contribution in [0.4, 0.5) is 0 Å². The number of rotatable bonds is 16. The average Bonchev–Trinajstić information content (AvgIpc) is 3.96. The molecule has 0 amide bonds. The minimum atomic E-state index is -0.833. The van der Waals surface area contributed by atoms with E-state index in [9.17, 15) is 5.11 Å². The fourth-order valence-electron chi connectivity index (χ4n) is 8.22. The Morgan fingerprint density at radius 1 is 0.500 bits per heavy atom. The fraction of sp³-hybridized carbons (Fsp3) is 0.356. The Morgan fingerprint density at radius 3 is 0.933 bits per heavy atom. The third-order valence-electron chi connectivity index (χ3n) is 10.6. The number of hydrogen-bond donors (Lipinski definition) is 2. The normalized spacial score (nSPS) is 11.5. The van der Waals surface area contributed by atoms with Crippen LogP contribution in [-0.2, 0) is 91.3 Å². The monoisotopic (exact) mass is 892 g/mol. The molecule has 4 aromatic carbocycles. The van der Waals surface area contributed by atoms with Gasteiger partial charge < -0.3 is 28.5 Å². The summed E-state index contributed by atoms with van der Waals surface area (Å²) in [6.07, 6.45) is -0.678. The minimum Gasteiger partial charge on any atom is -0.481 e. The van der Waals surface area contributed by atoms with Gasteiger partial charge in [0, 0.05) is 80.3 Å². The van der Waals surface area contributed by atoms with Gasteiger partial charge in [0.2, 0.25) is 0 Å². The number of imidazole rings is 4. The quantitative estimate of drug-likeness (QED) is 0.0958. The molecule has 60 heavy (non-hydrogen) atoms. The molecule has 15 heteroatoms. The van der Waals surface area contributed by atoms with Gasteiger partial charge in [0.05, 0.1) is 76.4 Å². The van der Waals surface area contributed by atoms with Gasteiger partial charge in [-0.15, -0.1) is 0 Å². The van der Waals surface area contributed by atoms with E-state index in [2.05, 4.69) is 129 Å². The van der Waals surface area contributed by atoms with Gasteiger partial charge in [-0.25, -0.2) is 19.9 Å². The zero-order valence-corrected chi connectivity index (χ0v) is 37.3. The molecule has 2 radical (unpaired) electrons. The molecule has 0 saturated heterocycles. The number of aliphatic carboxylic acids is 1. The molecule has 8 rings (SSSR count). The summed E-state index contributed by atoms with van der Waals surface area (Å²) in [5.74, 6) is 3.09. The second kappa shape index (κ2) is 21.1. The third kappa shape index (κ3) is 10.2. The van der Waals surface area contributed by atoms with Gasteiger partial charge in [0.25, 0.3) is 5.97 Å². The zero-order valence-electron chi connectivity index (χ0n) is 34.9. The molecule has 0 bridgehead atoms. The summed E-state index contributed by atoms with van der Waals surface area (Å²) in [5, 5.41) is 19.6. The maximum atomic E-state index is 12.2. The molecule has 0 atom stereocenters. The van der Waals surface area contributed by atoms with Crippen LogP contribution in [0.15, 0.2) is 97.1 Å². The van der Waals surface area contributed by atoms with E-state index in [1.807, 2.05) is 24.3 Å². The van der Waals surface area contributed by atoms with Crippen LogP contribution in [0.5, 0.6) is 0 Å². The first kappa shape index (κ1) is 46.2. The maximum Gasteiger partial charge on any atom is 0.300 e. The first-order valence-corrected chi connectivity index (χ1v) is 20.3. The van der Waals surface area contributed by atoms with Crippen LogP contribution >= 0.6 is 0 Å². The smallest absolute Gasteiger partial charge is 0.300 e. The van der Waals surface area contributed by atoms with Crippen LogP contribution in [0.2, 0.25) is 0 Å². The van der Waals surface area contributed by atoms with Crippen molar-refractivity contribution in [2.45, 2.75) is 93.1 Å². The van der Waals surface area contributed by atoms with E-state index in [1.54, 1.807) is 0 Å². The Hall–Kier alpha value is -4.85. The van der Waals surface area contributed by atoms with Crippen LogP contribution in [0.25, 0.3) is 44.1 Å². The van der Waals surface area contributed by atoms with Crippen molar-refractivity contribution < 1.29 is 49.1 Å². The van der Waals surface area contributed by atoms with Gasteiger partial charge in [-0.05, 0) is 76.2 Å². The van der Waals surface area contributed by atoms with Crippen molar-refractivity contribution in [2.24, 2.45) is 0 Å². The molecule has 0 unspecified atom stereocenters. The topological polar surface area (TPSA) is 135 Å². The predicted molar refractivity (Wildman–Crippen MR) is 229 cm³/mol.